The molecule has 0 heterocycles. The highest BCUT2D eigenvalue weighted by Gasteiger charge is 2.18. The summed E-state index contributed by atoms with van der Waals surface area (Å²) in [4.78, 5) is 22.5. The molecule has 0 radical (unpaired) electrons. The minimum atomic E-state index is -0.568. The number of rotatable bonds is 5. The maximum Gasteiger partial charge on any atom is 0.328 e. The van der Waals surface area contributed by atoms with Crippen molar-refractivity contribution in [3.63, 3.8) is 0 Å². The Morgan fingerprint density at radius 1 is 1.20 bits per heavy atom. The van der Waals surface area contributed by atoms with Crippen molar-refractivity contribution in [2.75, 3.05) is 7.11 Å². The molecule has 0 bridgehead atoms. The van der Waals surface area contributed by atoms with Crippen LogP contribution in [0, 0.1) is 11.8 Å². The second kappa shape index (κ2) is 6.43. The highest BCUT2D eigenvalue weighted by Crippen LogP contribution is 2.13. The van der Waals surface area contributed by atoms with E-state index >= 15 is 0 Å². The molecule has 15 heavy (non-hydrogen) atoms. The van der Waals surface area contributed by atoms with Crippen LogP contribution < -0.4 is 5.32 Å². The second-order valence-electron chi connectivity index (χ2n) is 4.24. The molecule has 0 saturated carbocycles. The normalized spacial score (nSPS) is 14.5. The van der Waals surface area contributed by atoms with E-state index in [0.29, 0.717) is 18.3 Å². The van der Waals surface area contributed by atoms with Crippen LogP contribution in [-0.4, -0.2) is 25.0 Å². The van der Waals surface area contributed by atoms with E-state index in [1.165, 1.54) is 7.11 Å². The molecule has 0 aromatic rings. The average molecular weight is 215 g/mol. The summed E-state index contributed by atoms with van der Waals surface area (Å²) in [5.41, 5.74) is 0. The Kier molecular flexibility index (Phi) is 5.97. The monoisotopic (exact) mass is 215 g/mol. The highest BCUT2D eigenvalue weighted by atomic mass is 16.5. The lowest BCUT2D eigenvalue weighted by molar-refractivity contribution is -0.144. The number of amides is 1. The van der Waals surface area contributed by atoms with Gasteiger partial charge in [-0.3, -0.25) is 4.79 Å². The molecule has 0 aromatic carbocycles. The summed E-state index contributed by atoms with van der Waals surface area (Å²) < 4.78 is 4.51. The first-order chi connectivity index (χ1) is 6.88. The Balaban J connectivity index is 3.98. The fourth-order valence-corrected chi connectivity index (χ4v) is 1.06. The lowest BCUT2D eigenvalue weighted by Gasteiger charge is -2.16. The number of hydrogen-bond acceptors (Lipinski definition) is 3. The first kappa shape index (κ1) is 13.9. The SMILES string of the molecule is COC(=O)[C@H](C)NC(=O)C[C@@H](C)C(C)C. The second-order valence-corrected chi connectivity index (χ2v) is 4.24. The molecule has 1 N–H and O–H groups in total. The number of ether oxygens (including phenoxy) is 1. The fourth-order valence-electron chi connectivity index (χ4n) is 1.06. The molecule has 1 amide bonds. The van der Waals surface area contributed by atoms with Gasteiger partial charge in [0.15, 0.2) is 0 Å². The van der Waals surface area contributed by atoms with Gasteiger partial charge in [0.25, 0.3) is 0 Å². The van der Waals surface area contributed by atoms with E-state index in [0.717, 1.165) is 0 Å². The zero-order valence-corrected chi connectivity index (χ0v) is 10.2. The Hall–Kier alpha value is -1.06. The number of methoxy groups -OCH3 is 1. The van der Waals surface area contributed by atoms with Crippen LogP contribution in [0.3, 0.4) is 0 Å². The molecule has 4 heteroatoms. The third-order valence-electron chi connectivity index (χ3n) is 2.58. The lowest BCUT2D eigenvalue weighted by Crippen LogP contribution is -2.39. The molecule has 0 aliphatic rings. The van der Waals surface area contributed by atoms with Gasteiger partial charge in [0, 0.05) is 6.42 Å². The van der Waals surface area contributed by atoms with Crippen LogP contribution in [0.25, 0.3) is 0 Å². The molecule has 0 aromatic heterocycles. The number of carbonyl (C=O) groups is 2. The molecular formula is C11H21NO3. The molecule has 4 nitrogen and oxygen atoms in total. The first-order valence-electron chi connectivity index (χ1n) is 5.25. The van der Waals surface area contributed by atoms with Crippen molar-refractivity contribution in [1.29, 1.82) is 0 Å². The van der Waals surface area contributed by atoms with Gasteiger partial charge in [0.2, 0.25) is 5.91 Å². The van der Waals surface area contributed by atoms with E-state index < -0.39 is 12.0 Å². The molecular weight excluding hydrogens is 194 g/mol. The summed E-state index contributed by atoms with van der Waals surface area (Å²) in [5.74, 6) is 0.258. The average Bonchev–Trinajstić information content (AvgIpc) is 2.15. The summed E-state index contributed by atoms with van der Waals surface area (Å²) in [7, 11) is 1.31. The minimum Gasteiger partial charge on any atom is -0.467 e. The quantitative estimate of drug-likeness (QED) is 0.704. The molecule has 0 aliphatic heterocycles. The van der Waals surface area contributed by atoms with E-state index in [4.69, 9.17) is 0 Å². The third-order valence-corrected chi connectivity index (χ3v) is 2.58. The van der Waals surface area contributed by atoms with E-state index in [-0.39, 0.29) is 5.91 Å². The van der Waals surface area contributed by atoms with Crippen LogP contribution in [0.2, 0.25) is 0 Å². The number of hydrogen-bond donors (Lipinski definition) is 1. The zero-order valence-electron chi connectivity index (χ0n) is 10.2. The summed E-state index contributed by atoms with van der Waals surface area (Å²) in [6, 6.07) is -0.568. The van der Waals surface area contributed by atoms with Crippen molar-refractivity contribution in [2.24, 2.45) is 11.8 Å². The lowest BCUT2D eigenvalue weighted by atomic mass is 9.94. The summed E-state index contributed by atoms with van der Waals surface area (Å²) in [6.07, 6.45) is 0.443. The van der Waals surface area contributed by atoms with Crippen molar-refractivity contribution >= 4 is 11.9 Å². The standard InChI is InChI=1S/C11H21NO3/c1-7(2)8(3)6-10(13)12-9(4)11(14)15-5/h7-9H,6H2,1-5H3,(H,12,13)/t8-,9+/m1/s1. The van der Waals surface area contributed by atoms with E-state index in [9.17, 15) is 9.59 Å². The highest BCUT2D eigenvalue weighted by molar-refractivity contribution is 5.84. The van der Waals surface area contributed by atoms with Gasteiger partial charge in [-0.1, -0.05) is 20.8 Å². The van der Waals surface area contributed by atoms with E-state index in [2.05, 4.69) is 23.9 Å². The molecule has 0 fully saturated rings. The molecule has 88 valence electrons. The predicted octanol–water partition coefficient (Wildman–Crippen LogP) is 1.35. The van der Waals surface area contributed by atoms with Gasteiger partial charge in [-0.15, -0.1) is 0 Å². The molecule has 0 unspecified atom stereocenters. The van der Waals surface area contributed by atoms with Crippen LogP contribution >= 0.6 is 0 Å². The maximum atomic E-state index is 11.5. The fraction of sp³-hybridized carbons (Fsp3) is 0.818. The van der Waals surface area contributed by atoms with Gasteiger partial charge in [-0.2, -0.15) is 0 Å². The Morgan fingerprint density at radius 2 is 1.73 bits per heavy atom. The maximum absolute atomic E-state index is 11.5. The van der Waals surface area contributed by atoms with Crippen molar-refractivity contribution in [2.45, 2.75) is 40.2 Å². The van der Waals surface area contributed by atoms with Crippen LogP contribution in [0.5, 0.6) is 0 Å². The minimum absolute atomic E-state index is 0.103. The number of carbonyl (C=O) groups excluding carboxylic acids is 2. The Labute approximate surface area is 91.4 Å². The number of esters is 1. The van der Waals surface area contributed by atoms with Crippen LogP contribution in [0.4, 0.5) is 0 Å². The van der Waals surface area contributed by atoms with Gasteiger partial charge in [0.05, 0.1) is 7.11 Å². The van der Waals surface area contributed by atoms with Crippen molar-refractivity contribution in [3.05, 3.63) is 0 Å². The number of nitrogens with one attached hydrogen (secondary N) is 1. The smallest absolute Gasteiger partial charge is 0.328 e. The molecule has 0 spiro atoms. The van der Waals surface area contributed by atoms with E-state index in [1.807, 2.05) is 6.92 Å². The van der Waals surface area contributed by atoms with Gasteiger partial charge in [-0.25, -0.2) is 4.79 Å². The van der Waals surface area contributed by atoms with E-state index in [1.54, 1.807) is 6.92 Å². The largest absolute Gasteiger partial charge is 0.467 e. The third kappa shape index (κ3) is 5.40. The topological polar surface area (TPSA) is 55.4 Å². The summed E-state index contributed by atoms with van der Waals surface area (Å²) in [5, 5.41) is 2.60. The van der Waals surface area contributed by atoms with Crippen LogP contribution in [0.15, 0.2) is 0 Å². The molecule has 0 saturated heterocycles. The summed E-state index contributed by atoms with van der Waals surface area (Å²) in [6.45, 7) is 7.78. The molecule has 0 rings (SSSR count). The van der Waals surface area contributed by atoms with Crippen molar-refractivity contribution in [1.82, 2.24) is 5.32 Å². The van der Waals surface area contributed by atoms with Gasteiger partial charge in [-0.05, 0) is 18.8 Å². The van der Waals surface area contributed by atoms with Crippen molar-refractivity contribution < 1.29 is 14.3 Å². The van der Waals surface area contributed by atoms with Gasteiger partial charge < -0.3 is 10.1 Å². The molecule has 2 atom stereocenters. The van der Waals surface area contributed by atoms with Gasteiger partial charge in [0.1, 0.15) is 6.04 Å². The summed E-state index contributed by atoms with van der Waals surface area (Å²) >= 11 is 0. The Bertz CT molecular complexity index is 226. The zero-order chi connectivity index (χ0) is 12.0. The van der Waals surface area contributed by atoms with Gasteiger partial charge >= 0.3 is 5.97 Å². The van der Waals surface area contributed by atoms with Crippen LogP contribution in [0.1, 0.15) is 34.1 Å². The first-order valence-corrected chi connectivity index (χ1v) is 5.25. The predicted molar refractivity (Wildman–Crippen MR) is 58.2 cm³/mol. The van der Waals surface area contributed by atoms with Crippen molar-refractivity contribution in [3.8, 4) is 0 Å². The molecule has 0 aliphatic carbocycles. The Morgan fingerprint density at radius 3 is 2.13 bits per heavy atom. The van der Waals surface area contributed by atoms with Crippen LogP contribution in [-0.2, 0) is 14.3 Å².